The van der Waals surface area contributed by atoms with Gasteiger partial charge in [0.2, 0.25) is 11.8 Å². The van der Waals surface area contributed by atoms with Crippen LogP contribution in [0, 0.1) is 11.8 Å². The predicted octanol–water partition coefficient (Wildman–Crippen LogP) is 3.42. The van der Waals surface area contributed by atoms with Crippen LogP contribution in [0.25, 0.3) is 0 Å². The zero-order valence-electron chi connectivity index (χ0n) is 21.8. The summed E-state index contributed by atoms with van der Waals surface area (Å²) in [7, 11) is 1.58. The standard InChI is InChI=1S/C30H35N3O5/c1-37-26-12-8-21(9-13-26)30(36)33-19-24-5-2-3-7-27(24)38-16-4-6-23-18-32(29(35)20-33)15-14-22(23)17-28(34)31-25-10-11-25/h2-9,12-13,22-23,25H,10-11,14-20H2,1H3,(H,31,34)/b6-4-/t22-,23-/m0/s1. The minimum Gasteiger partial charge on any atom is -0.497 e. The molecule has 2 atom stereocenters. The number of benzene rings is 2. The van der Waals surface area contributed by atoms with Gasteiger partial charge in [-0.05, 0) is 61.4 Å². The van der Waals surface area contributed by atoms with Crippen molar-refractivity contribution in [2.75, 3.05) is 33.4 Å². The van der Waals surface area contributed by atoms with E-state index in [1.165, 1.54) is 0 Å². The number of hydrogen-bond donors (Lipinski definition) is 1. The topological polar surface area (TPSA) is 88.2 Å². The first-order valence-electron chi connectivity index (χ1n) is 13.4. The van der Waals surface area contributed by atoms with Crippen LogP contribution in [0.5, 0.6) is 11.5 Å². The first-order valence-corrected chi connectivity index (χ1v) is 13.4. The lowest BCUT2D eigenvalue weighted by Gasteiger charge is -2.38. The van der Waals surface area contributed by atoms with Gasteiger partial charge in [-0.15, -0.1) is 0 Å². The highest BCUT2D eigenvalue weighted by molar-refractivity contribution is 5.96. The van der Waals surface area contributed by atoms with E-state index in [9.17, 15) is 14.4 Å². The third-order valence-corrected chi connectivity index (χ3v) is 7.55. The molecule has 0 radical (unpaired) electrons. The molecule has 2 heterocycles. The number of amides is 3. The summed E-state index contributed by atoms with van der Waals surface area (Å²) >= 11 is 0. The molecule has 38 heavy (non-hydrogen) atoms. The molecule has 5 rings (SSSR count). The molecular weight excluding hydrogens is 482 g/mol. The Hall–Kier alpha value is -3.81. The fraction of sp³-hybridized carbons (Fsp3) is 0.433. The second kappa shape index (κ2) is 11.7. The Morgan fingerprint density at radius 2 is 1.84 bits per heavy atom. The molecular formula is C30H35N3O5. The first kappa shape index (κ1) is 25.8. The molecule has 1 aliphatic carbocycles. The zero-order chi connectivity index (χ0) is 26.5. The molecule has 2 fully saturated rings. The molecule has 2 aliphatic heterocycles. The second-order valence-electron chi connectivity index (χ2n) is 10.3. The molecule has 2 bridgehead atoms. The summed E-state index contributed by atoms with van der Waals surface area (Å²) in [5.74, 6) is 1.31. The highest BCUT2D eigenvalue weighted by Crippen LogP contribution is 2.30. The van der Waals surface area contributed by atoms with Crippen molar-refractivity contribution in [3.63, 3.8) is 0 Å². The number of methoxy groups -OCH3 is 1. The predicted molar refractivity (Wildman–Crippen MR) is 143 cm³/mol. The van der Waals surface area contributed by atoms with E-state index in [0.29, 0.717) is 49.2 Å². The van der Waals surface area contributed by atoms with Crippen molar-refractivity contribution in [2.24, 2.45) is 11.8 Å². The molecule has 3 amide bonds. The highest BCUT2D eigenvalue weighted by Gasteiger charge is 2.34. The largest absolute Gasteiger partial charge is 0.497 e. The maximum absolute atomic E-state index is 13.6. The van der Waals surface area contributed by atoms with Gasteiger partial charge in [0.05, 0.1) is 13.7 Å². The number of carbonyl (C=O) groups is 3. The van der Waals surface area contributed by atoms with Crippen molar-refractivity contribution in [3.05, 3.63) is 71.8 Å². The molecule has 1 N–H and O–H groups in total. The van der Waals surface area contributed by atoms with E-state index in [4.69, 9.17) is 9.47 Å². The van der Waals surface area contributed by atoms with Crippen molar-refractivity contribution in [1.82, 2.24) is 15.1 Å². The molecule has 3 aliphatic rings. The Labute approximate surface area is 223 Å². The second-order valence-corrected chi connectivity index (χ2v) is 10.3. The number of nitrogens with zero attached hydrogens (tertiary/aromatic N) is 2. The lowest BCUT2D eigenvalue weighted by Crippen LogP contribution is -2.48. The number of hydrogen-bond acceptors (Lipinski definition) is 5. The van der Waals surface area contributed by atoms with Gasteiger partial charge in [-0.25, -0.2) is 0 Å². The Kier molecular flexibility index (Phi) is 7.96. The summed E-state index contributed by atoms with van der Waals surface area (Å²) in [6, 6.07) is 14.9. The van der Waals surface area contributed by atoms with Gasteiger partial charge in [-0.1, -0.05) is 30.4 Å². The average molecular weight is 518 g/mol. The number of rotatable bonds is 5. The Morgan fingerprint density at radius 1 is 1.05 bits per heavy atom. The highest BCUT2D eigenvalue weighted by atomic mass is 16.5. The van der Waals surface area contributed by atoms with Gasteiger partial charge in [-0.2, -0.15) is 0 Å². The smallest absolute Gasteiger partial charge is 0.254 e. The van der Waals surface area contributed by atoms with Gasteiger partial charge in [0.25, 0.3) is 5.91 Å². The average Bonchev–Trinajstić information content (AvgIpc) is 3.75. The van der Waals surface area contributed by atoms with Crippen molar-refractivity contribution in [1.29, 1.82) is 0 Å². The SMILES string of the molecule is COc1ccc(C(=O)N2CC(=O)N3CC[C@@H](CC(=O)NC4CC4)[C@@H](/C=C\COc4ccccc4C2)C3)cc1. The number of carbonyl (C=O) groups excluding carboxylic acids is 3. The van der Waals surface area contributed by atoms with E-state index < -0.39 is 0 Å². The van der Waals surface area contributed by atoms with Crippen molar-refractivity contribution in [2.45, 2.75) is 38.3 Å². The van der Waals surface area contributed by atoms with Crippen LogP contribution < -0.4 is 14.8 Å². The summed E-state index contributed by atoms with van der Waals surface area (Å²) in [4.78, 5) is 43.1. The van der Waals surface area contributed by atoms with Gasteiger partial charge in [0, 0.05) is 36.7 Å². The molecule has 0 spiro atoms. The van der Waals surface area contributed by atoms with E-state index in [2.05, 4.69) is 11.4 Å². The molecule has 2 aromatic rings. The Bertz CT molecular complexity index is 1190. The minimum atomic E-state index is -0.230. The number of fused-ring (bicyclic) bond motifs is 3. The Balaban J connectivity index is 1.38. The molecule has 2 aromatic carbocycles. The van der Waals surface area contributed by atoms with E-state index in [-0.39, 0.29) is 42.6 Å². The molecule has 1 saturated carbocycles. The van der Waals surface area contributed by atoms with Crippen molar-refractivity contribution in [3.8, 4) is 11.5 Å². The monoisotopic (exact) mass is 517 g/mol. The minimum absolute atomic E-state index is 0.0392. The maximum atomic E-state index is 13.6. The van der Waals surface area contributed by atoms with E-state index in [1.807, 2.05) is 35.2 Å². The molecule has 8 heteroatoms. The summed E-state index contributed by atoms with van der Waals surface area (Å²) in [6.07, 6.45) is 7.40. The summed E-state index contributed by atoms with van der Waals surface area (Å²) in [6.45, 7) is 1.67. The quantitative estimate of drug-likeness (QED) is 0.614. The summed E-state index contributed by atoms with van der Waals surface area (Å²) in [5.41, 5.74) is 1.32. The summed E-state index contributed by atoms with van der Waals surface area (Å²) < 4.78 is 11.3. The van der Waals surface area contributed by atoms with E-state index >= 15 is 0 Å². The number of piperidine rings is 1. The lowest BCUT2D eigenvalue weighted by molar-refractivity contribution is -0.134. The molecule has 0 unspecified atom stereocenters. The van der Waals surface area contributed by atoms with Gasteiger partial charge < -0.3 is 24.6 Å². The van der Waals surface area contributed by atoms with Crippen LogP contribution in [-0.2, 0) is 16.1 Å². The molecule has 0 aromatic heterocycles. The lowest BCUT2D eigenvalue weighted by atomic mass is 9.82. The Morgan fingerprint density at radius 3 is 2.61 bits per heavy atom. The summed E-state index contributed by atoms with van der Waals surface area (Å²) in [5, 5.41) is 3.09. The van der Waals surface area contributed by atoms with Crippen LogP contribution in [0.1, 0.15) is 41.6 Å². The van der Waals surface area contributed by atoms with Crippen LogP contribution >= 0.6 is 0 Å². The molecule has 1 saturated heterocycles. The van der Waals surface area contributed by atoms with Crippen LogP contribution in [0.4, 0.5) is 0 Å². The number of ether oxygens (including phenoxy) is 2. The fourth-order valence-corrected chi connectivity index (χ4v) is 5.21. The van der Waals surface area contributed by atoms with Crippen molar-refractivity contribution < 1.29 is 23.9 Å². The third kappa shape index (κ3) is 6.36. The van der Waals surface area contributed by atoms with Crippen molar-refractivity contribution >= 4 is 17.7 Å². The van der Waals surface area contributed by atoms with E-state index in [0.717, 1.165) is 24.8 Å². The molecule has 8 nitrogen and oxygen atoms in total. The molecule has 200 valence electrons. The first-order chi connectivity index (χ1) is 18.5. The normalized spacial score (nSPS) is 22.6. The van der Waals surface area contributed by atoms with Crippen LogP contribution in [-0.4, -0.2) is 66.9 Å². The van der Waals surface area contributed by atoms with Gasteiger partial charge in [0.15, 0.2) is 0 Å². The van der Waals surface area contributed by atoms with Crippen LogP contribution in [0.15, 0.2) is 60.7 Å². The number of para-hydroxylation sites is 1. The van der Waals surface area contributed by atoms with Gasteiger partial charge in [0.1, 0.15) is 24.7 Å². The maximum Gasteiger partial charge on any atom is 0.254 e. The van der Waals surface area contributed by atoms with Crippen LogP contribution in [0.3, 0.4) is 0 Å². The van der Waals surface area contributed by atoms with Crippen LogP contribution in [0.2, 0.25) is 0 Å². The van der Waals surface area contributed by atoms with E-state index in [1.54, 1.807) is 36.3 Å². The van der Waals surface area contributed by atoms with Gasteiger partial charge in [-0.3, -0.25) is 14.4 Å². The number of nitrogens with one attached hydrogen (secondary N) is 1. The fourth-order valence-electron chi connectivity index (χ4n) is 5.21. The zero-order valence-corrected chi connectivity index (χ0v) is 21.8. The van der Waals surface area contributed by atoms with Gasteiger partial charge >= 0.3 is 0 Å². The third-order valence-electron chi connectivity index (χ3n) is 7.55.